The standard InChI is InChI=1S/C21H24F6N2O3/c22-20(23,24)15-7-14(8-16(11-15)21(25,26)27)10-17(30)9-13-1-4-29(5-2-13)19(31)18-12-28-3-6-32-18/h7-8,11,13,18,28H,1-6,9-10,12H2. The number of piperidine rings is 1. The molecule has 0 spiro atoms. The first kappa shape index (κ1) is 24.5. The molecular weight excluding hydrogens is 442 g/mol. The van der Waals surface area contributed by atoms with Gasteiger partial charge in [0.05, 0.1) is 17.7 Å². The first-order valence-corrected chi connectivity index (χ1v) is 10.3. The van der Waals surface area contributed by atoms with Gasteiger partial charge < -0.3 is 15.0 Å². The number of Topliss-reactive ketones (excluding diaryl/α,β-unsaturated/α-hetero) is 1. The van der Waals surface area contributed by atoms with Gasteiger partial charge in [-0.25, -0.2) is 0 Å². The van der Waals surface area contributed by atoms with Gasteiger partial charge in [-0.05, 0) is 42.5 Å². The van der Waals surface area contributed by atoms with Crippen molar-refractivity contribution in [1.82, 2.24) is 10.2 Å². The Hall–Kier alpha value is -2.14. The molecule has 2 aliphatic heterocycles. The van der Waals surface area contributed by atoms with Gasteiger partial charge in [-0.15, -0.1) is 0 Å². The van der Waals surface area contributed by atoms with E-state index in [0.717, 1.165) is 0 Å². The Morgan fingerprint density at radius 1 is 1.00 bits per heavy atom. The molecule has 0 bridgehead atoms. The largest absolute Gasteiger partial charge is 0.416 e. The number of carbonyl (C=O) groups is 2. The zero-order valence-electron chi connectivity index (χ0n) is 17.2. The minimum Gasteiger partial charge on any atom is -0.366 e. The van der Waals surface area contributed by atoms with Gasteiger partial charge in [0.1, 0.15) is 11.9 Å². The molecule has 2 aliphatic rings. The van der Waals surface area contributed by atoms with Crippen LogP contribution in [0.1, 0.15) is 36.0 Å². The highest BCUT2D eigenvalue weighted by atomic mass is 19.4. The van der Waals surface area contributed by atoms with Gasteiger partial charge in [-0.3, -0.25) is 9.59 Å². The second-order valence-corrected chi connectivity index (χ2v) is 8.17. The maximum absolute atomic E-state index is 13.0. The number of benzene rings is 1. The van der Waals surface area contributed by atoms with Gasteiger partial charge in [0, 0.05) is 39.0 Å². The molecule has 32 heavy (non-hydrogen) atoms. The number of hydrogen-bond donors (Lipinski definition) is 1. The average molecular weight is 466 g/mol. The predicted octanol–water partition coefficient (Wildman–Crippen LogP) is 3.45. The molecule has 3 rings (SSSR count). The molecule has 1 N–H and O–H groups in total. The van der Waals surface area contributed by atoms with E-state index in [4.69, 9.17) is 4.74 Å². The zero-order chi connectivity index (χ0) is 23.5. The third kappa shape index (κ3) is 6.44. The highest BCUT2D eigenvalue weighted by Gasteiger charge is 2.37. The molecule has 2 heterocycles. The summed E-state index contributed by atoms with van der Waals surface area (Å²) in [7, 11) is 0. The van der Waals surface area contributed by atoms with Crippen LogP contribution in [0, 0.1) is 5.92 Å². The topological polar surface area (TPSA) is 58.6 Å². The lowest BCUT2D eigenvalue weighted by atomic mass is 9.89. The average Bonchev–Trinajstić information content (AvgIpc) is 2.73. The molecule has 2 fully saturated rings. The SMILES string of the molecule is O=C(Cc1cc(C(F)(F)F)cc(C(F)(F)F)c1)CC1CCN(C(=O)C2CNCCO2)CC1. The minimum atomic E-state index is -4.95. The number of nitrogens with zero attached hydrogens (tertiary/aromatic N) is 1. The molecule has 2 saturated heterocycles. The van der Waals surface area contributed by atoms with Crippen LogP contribution in [0.5, 0.6) is 0 Å². The molecular formula is C21H24F6N2O3. The molecule has 0 radical (unpaired) electrons. The van der Waals surface area contributed by atoms with Crippen LogP contribution in [0.3, 0.4) is 0 Å². The monoisotopic (exact) mass is 466 g/mol. The van der Waals surface area contributed by atoms with E-state index in [2.05, 4.69) is 5.32 Å². The number of halogens is 6. The number of rotatable bonds is 5. The lowest BCUT2D eigenvalue weighted by Gasteiger charge is -2.35. The number of likely N-dealkylation sites (tertiary alicyclic amines) is 1. The van der Waals surface area contributed by atoms with Gasteiger partial charge in [-0.1, -0.05) is 0 Å². The summed E-state index contributed by atoms with van der Waals surface area (Å²) in [6.07, 6.45) is -9.83. The van der Waals surface area contributed by atoms with E-state index in [1.165, 1.54) is 0 Å². The van der Waals surface area contributed by atoms with Gasteiger partial charge in [-0.2, -0.15) is 26.3 Å². The Bertz CT molecular complexity index is 794. The summed E-state index contributed by atoms with van der Waals surface area (Å²) in [6.45, 7) is 2.43. The fourth-order valence-electron chi connectivity index (χ4n) is 4.03. The quantitative estimate of drug-likeness (QED) is 0.676. The second kappa shape index (κ2) is 9.78. The number of ether oxygens (including phenoxy) is 1. The Morgan fingerprint density at radius 2 is 1.59 bits per heavy atom. The summed E-state index contributed by atoms with van der Waals surface area (Å²) < 4.78 is 83.4. The van der Waals surface area contributed by atoms with Crippen molar-refractivity contribution < 1.29 is 40.7 Å². The number of nitrogens with one attached hydrogen (secondary N) is 1. The lowest BCUT2D eigenvalue weighted by molar-refractivity contribution is -0.147. The smallest absolute Gasteiger partial charge is 0.366 e. The maximum atomic E-state index is 13.0. The summed E-state index contributed by atoms with van der Waals surface area (Å²) >= 11 is 0. The Kier molecular flexibility index (Phi) is 7.49. The summed E-state index contributed by atoms with van der Waals surface area (Å²) in [5.41, 5.74) is -3.17. The number of morpholine rings is 1. The summed E-state index contributed by atoms with van der Waals surface area (Å²) in [4.78, 5) is 26.5. The maximum Gasteiger partial charge on any atom is 0.416 e. The first-order valence-electron chi connectivity index (χ1n) is 10.3. The number of amides is 1. The molecule has 0 aliphatic carbocycles. The van der Waals surface area contributed by atoms with Gasteiger partial charge >= 0.3 is 12.4 Å². The van der Waals surface area contributed by atoms with E-state index in [-0.39, 0.29) is 29.9 Å². The number of carbonyl (C=O) groups excluding carboxylic acids is 2. The van der Waals surface area contributed by atoms with Crippen LogP contribution < -0.4 is 5.32 Å². The van der Waals surface area contributed by atoms with Crippen LogP contribution in [0.25, 0.3) is 0 Å². The summed E-state index contributed by atoms with van der Waals surface area (Å²) in [5, 5.41) is 3.08. The van der Waals surface area contributed by atoms with Crippen molar-refractivity contribution in [3.63, 3.8) is 0 Å². The highest BCUT2D eigenvalue weighted by molar-refractivity contribution is 5.82. The normalized spacial score (nSPS) is 20.9. The molecule has 178 valence electrons. The van der Waals surface area contributed by atoms with Crippen LogP contribution in [0.2, 0.25) is 0 Å². The Balaban J connectivity index is 1.56. The zero-order valence-corrected chi connectivity index (χ0v) is 17.2. The number of ketones is 1. The molecule has 1 aromatic rings. The third-order valence-corrected chi connectivity index (χ3v) is 5.69. The molecule has 1 aromatic carbocycles. The van der Waals surface area contributed by atoms with Crippen molar-refractivity contribution in [2.24, 2.45) is 5.92 Å². The molecule has 0 saturated carbocycles. The molecule has 1 unspecified atom stereocenters. The lowest BCUT2D eigenvalue weighted by Crippen LogP contribution is -2.51. The van der Waals surface area contributed by atoms with E-state index in [9.17, 15) is 35.9 Å². The molecule has 11 heteroatoms. The molecule has 0 aromatic heterocycles. The van der Waals surface area contributed by atoms with Crippen molar-refractivity contribution in [3.05, 3.63) is 34.9 Å². The van der Waals surface area contributed by atoms with E-state index in [1.807, 2.05) is 0 Å². The van der Waals surface area contributed by atoms with E-state index >= 15 is 0 Å². The Labute approximate surface area is 181 Å². The van der Waals surface area contributed by atoms with Crippen molar-refractivity contribution in [3.8, 4) is 0 Å². The van der Waals surface area contributed by atoms with Gasteiger partial charge in [0.25, 0.3) is 5.91 Å². The number of alkyl halides is 6. The molecule has 1 atom stereocenters. The van der Waals surface area contributed by atoms with Gasteiger partial charge in [0.2, 0.25) is 0 Å². The van der Waals surface area contributed by atoms with Gasteiger partial charge in [0.15, 0.2) is 0 Å². The van der Waals surface area contributed by atoms with Crippen molar-refractivity contribution in [1.29, 1.82) is 0 Å². The fraction of sp³-hybridized carbons (Fsp3) is 0.619. The first-order chi connectivity index (χ1) is 14.9. The van der Waals surface area contributed by atoms with Crippen molar-refractivity contribution in [2.45, 2.75) is 44.1 Å². The van der Waals surface area contributed by atoms with Crippen LogP contribution in [-0.2, 0) is 33.1 Å². The summed E-state index contributed by atoms with van der Waals surface area (Å²) in [5.74, 6) is -0.627. The van der Waals surface area contributed by atoms with Crippen LogP contribution in [0.4, 0.5) is 26.3 Å². The van der Waals surface area contributed by atoms with Crippen molar-refractivity contribution in [2.75, 3.05) is 32.8 Å². The van der Waals surface area contributed by atoms with E-state index in [1.54, 1.807) is 4.90 Å². The van der Waals surface area contributed by atoms with Crippen molar-refractivity contribution >= 4 is 11.7 Å². The number of hydrogen-bond acceptors (Lipinski definition) is 4. The third-order valence-electron chi connectivity index (χ3n) is 5.69. The second-order valence-electron chi connectivity index (χ2n) is 8.17. The summed E-state index contributed by atoms with van der Waals surface area (Å²) in [6, 6.07) is 1.23. The van der Waals surface area contributed by atoms with Crippen LogP contribution >= 0.6 is 0 Å². The molecule has 5 nitrogen and oxygen atoms in total. The minimum absolute atomic E-state index is 0.0428. The van der Waals surface area contributed by atoms with E-state index < -0.39 is 41.8 Å². The predicted molar refractivity (Wildman–Crippen MR) is 102 cm³/mol. The fourth-order valence-corrected chi connectivity index (χ4v) is 4.03. The van der Waals surface area contributed by atoms with E-state index in [0.29, 0.717) is 57.8 Å². The Morgan fingerprint density at radius 3 is 2.09 bits per heavy atom. The molecule has 1 amide bonds. The highest BCUT2D eigenvalue weighted by Crippen LogP contribution is 2.36. The van der Waals surface area contributed by atoms with Crippen LogP contribution in [-0.4, -0.2) is 55.5 Å². The van der Waals surface area contributed by atoms with Crippen LogP contribution in [0.15, 0.2) is 18.2 Å².